The highest BCUT2D eigenvalue weighted by molar-refractivity contribution is 7.89. The molecule has 1 unspecified atom stereocenters. The minimum Gasteiger partial charge on any atom is -0.481 e. The number of thiophene rings is 1. The standard InChI is InChI=1S/C28H36N2O5S2/c1-20-13-25(36-19-20)16-28(2,3)29-17-24(31)18-30(4)37(34,35)26-10-6-9-23(15-26)22-8-5-7-21(14-22)11-12-27(32)33/h5-10,13-15,19,24,29,31H,11-12,16-18H2,1-4H3,(H,32,33). The van der Waals surface area contributed by atoms with Gasteiger partial charge in [-0.1, -0.05) is 36.4 Å². The molecule has 0 bridgehead atoms. The number of aliphatic hydroxyl groups excluding tert-OH is 1. The molecule has 0 fully saturated rings. The summed E-state index contributed by atoms with van der Waals surface area (Å²) >= 11 is 1.71. The van der Waals surface area contributed by atoms with Gasteiger partial charge in [-0.2, -0.15) is 4.31 Å². The second-order valence-corrected chi connectivity index (χ2v) is 13.1. The smallest absolute Gasteiger partial charge is 0.303 e. The Morgan fingerprint density at radius 3 is 2.43 bits per heavy atom. The molecule has 37 heavy (non-hydrogen) atoms. The lowest BCUT2D eigenvalue weighted by Gasteiger charge is -2.28. The Bertz CT molecular complexity index is 1320. The molecule has 0 amide bonds. The molecule has 1 atom stereocenters. The summed E-state index contributed by atoms with van der Waals surface area (Å²) in [5.74, 6) is -0.861. The van der Waals surface area contributed by atoms with E-state index in [4.69, 9.17) is 5.11 Å². The number of rotatable bonds is 13. The molecule has 0 aliphatic rings. The first-order chi connectivity index (χ1) is 17.4. The lowest BCUT2D eigenvalue weighted by Crippen LogP contribution is -2.47. The molecule has 0 saturated carbocycles. The van der Waals surface area contributed by atoms with Gasteiger partial charge in [-0.05, 0) is 79.4 Å². The Hall–Kier alpha value is -2.56. The van der Waals surface area contributed by atoms with Crippen LogP contribution in [0.15, 0.2) is 64.9 Å². The number of aliphatic hydroxyl groups is 1. The van der Waals surface area contributed by atoms with Crippen molar-refractivity contribution in [2.24, 2.45) is 0 Å². The summed E-state index contributed by atoms with van der Waals surface area (Å²) in [6.07, 6.45) is 0.374. The zero-order valence-corrected chi connectivity index (χ0v) is 23.4. The molecule has 0 saturated heterocycles. The number of nitrogens with zero attached hydrogens (tertiary/aromatic N) is 1. The highest BCUT2D eigenvalue weighted by Crippen LogP contribution is 2.25. The van der Waals surface area contributed by atoms with Gasteiger partial charge in [-0.3, -0.25) is 4.79 Å². The van der Waals surface area contributed by atoms with Crippen molar-refractivity contribution in [2.75, 3.05) is 20.1 Å². The topological polar surface area (TPSA) is 107 Å². The second kappa shape index (κ2) is 12.3. The number of carbonyl (C=O) groups is 1. The number of β-amino-alcohol motifs (C(OH)–C–C–N with tert-alkyl or cyclic N) is 1. The number of benzene rings is 2. The van der Waals surface area contributed by atoms with Crippen LogP contribution in [0, 0.1) is 6.92 Å². The minimum absolute atomic E-state index is 0.0325. The van der Waals surface area contributed by atoms with Crippen molar-refractivity contribution in [2.45, 2.75) is 56.6 Å². The Morgan fingerprint density at radius 2 is 1.78 bits per heavy atom. The molecule has 7 nitrogen and oxygen atoms in total. The van der Waals surface area contributed by atoms with Gasteiger partial charge >= 0.3 is 5.97 Å². The van der Waals surface area contributed by atoms with Gasteiger partial charge in [0.2, 0.25) is 10.0 Å². The zero-order valence-electron chi connectivity index (χ0n) is 21.8. The summed E-state index contributed by atoms with van der Waals surface area (Å²) in [5, 5.41) is 25.0. The highest BCUT2D eigenvalue weighted by Gasteiger charge is 2.25. The fourth-order valence-electron chi connectivity index (χ4n) is 4.11. The van der Waals surface area contributed by atoms with Crippen LogP contribution in [0.3, 0.4) is 0 Å². The van der Waals surface area contributed by atoms with E-state index in [-0.39, 0.29) is 29.9 Å². The summed E-state index contributed by atoms with van der Waals surface area (Å²) in [5.41, 5.74) is 3.40. The van der Waals surface area contributed by atoms with E-state index in [1.54, 1.807) is 29.5 Å². The molecule has 0 aliphatic heterocycles. The number of hydrogen-bond donors (Lipinski definition) is 3. The fraction of sp³-hybridized carbons (Fsp3) is 0.393. The van der Waals surface area contributed by atoms with Crippen LogP contribution in [0.1, 0.15) is 36.3 Å². The molecule has 3 rings (SSSR count). The first-order valence-electron chi connectivity index (χ1n) is 12.2. The monoisotopic (exact) mass is 544 g/mol. The number of hydrogen-bond acceptors (Lipinski definition) is 6. The number of carboxylic acids is 1. The van der Waals surface area contributed by atoms with E-state index < -0.39 is 22.1 Å². The number of aliphatic carboxylic acids is 1. The average molecular weight is 545 g/mol. The van der Waals surface area contributed by atoms with Gasteiger partial charge in [0.25, 0.3) is 0 Å². The molecular weight excluding hydrogens is 508 g/mol. The van der Waals surface area contributed by atoms with E-state index in [1.807, 2.05) is 30.3 Å². The van der Waals surface area contributed by atoms with Crippen molar-refractivity contribution < 1.29 is 23.4 Å². The van der Waals surface area contributed by atoms with E-state index >= 15 is 0 Å². The van der Waals surface area contributed by atoms with E-state index in [0.29, 0.717) is 6.42 Å². The third-order valence-electron chi connectivity index (χ3n) is 6.12. The van der Waals surface area contributed by atoms with Crippen LogP contribution in [0.2, 0.25) is 0 Å². The average Bonchev–Trinajstić information content (AvgIpc) is 3.25. The van der Waals surface area contributed by atoms with Gasteiger partial charge in [0.05, 0.1) is 11.0 Å². The molecule has 0 aliphatic carbocycles. The number of sulfonamides is 1. The van der Waals surface area contributed by atoms with Crippen molar-refractivity contribution in [1.82, 2.24) is 9.62 Å². The first-order valence-corrected chi connectivity index (χ1v) is 14.5. The third kappa shape index (κ3) is 8.48. The lowest BCUT2D eigenvalue weighted by atomic mass is 9.99. The van der Waals surface area contributed by atoms with E-state index in [1.165, 1.54) is 21.8 Å². The summed E-state index contributed by atoms with van der Waals surface area (Å²) < 4.78 is 27.7. The molecule has 1 heterocycles. The highest BCUT2D eigenvalue weighted by atomic mass is 32.2. The van der Waals surface area contributed by atoms with Gasteiger partial charge < -0.3 is 15.5 Å². The van der Waals surface area contributed by atoms with Crippen LogP contribution >= 0.6 is 11.3 Å². The van der Waals surface area contributed by atoms with Crippen molar-refractivity contribution in [3.63, 3.8) is 0 Å². The van der Waals surface area contributed by atoms with Gasteiger partial charge in [0.1, 0.15) is 0 Å². The molecule has 1 aromatic heterocycles. The number of carboxylic acid groups (broad SMARTS) is 1. The Labute approximate surface area is 223 Å². The summed E-state index contributed by atoms with van der Waals surface area (Å²) in [7, 11) is -2.36. The van der Waals surface area contributed by atoms with Gasteiger partial charge in [0.15, 0.2) is 0 Å². The Morgan fingerprint density at radius 1 is 1.11 bits per heavy atom. The molecule has 3 N–H and O–H groups in total. The SMILES string of the molecule is Cc1csc(CC(C)(C)NCC(O)CN(C)S(=O)(=O)c2cccc(-c3cccc(CCC(=O)O)c3)c2)c1. The van der Waals surface area contributed by atoms with Crippen LogP contribution in [0.5, 0.6) is 0 Å². The van der Waals surface area contributed by atoms with Crippen molar-refractivity contribution in [3.05, 3.63) is 76.0 Å². The first kappa shape index (κ1) is 29.0. The van der Waals surface area contributed by atoms with Crippen LogP contribution in [0.4, 0.5) is 0 Å². The molecule has 9 heteroatoms. The van der Waals surface area contributed by atoms with E-state index in [0.717, 1.165) is 23.1 Å². The summed E-state index contributed by atoms with van der Waals surface area (Å²) in [6, 6.07) is 16.3. The van der Waals surface area contributed by atoms with Crippen molar-refractivity contribution >= 4 is 27.3 Å². The van der Waals surface area contributed by atoms with Crippen LogP contribution < -0.4 is 5.32 Å². The molecule has 200 valence electrons. The summed E-state index contributed by atoms with van der Waals surface area (Å²) in [6.45, 7) is 6.42. The number of aryl methyl sites for hydroxylation is 2. The van der Waals surface area contributed by atoms with Gasteiger partial charge in [-0.25, -0.2) is 8.42 Å². The zero-order chi connectivity index (χ0) is 27.2. The van der Waals surface area contributed by atoms with Gasteiger partial charge in [-0.15, -0.1) is 11.3 Å². The predicted octanol–water partition coefficient (Wildman–Crippen LogP) is 4.33. The summed E-state index contributed by atoms with van der Waals surface area (Å²) in [4.78, 5) is 12.3. The molecule has 0 radical (unpaired) electrons. The van der Waals surface area contributed by atoms with Crippen LogP contribution in [-0.4, -0.2) is 60.7 Å². The van der Waals surface area contributed by atoms with Crippen molar-refractivity contribution in [1.29, 1.82) is 0 Å². The van der Waals surface area contributed by atoms with Crippen LogP contribution in [-0.2, 0) is 27.7 Å². The molecule has 0 spiro atoms. The lowest BCUT2D eigenvalue weighted by molar-refractivity contribution is -0.136. The van der Waals surface area contributed by atoms with Crippen molar-refractivity contribution in [3.8, 4) is 11.1 Å². The molecular formula is C28H36N2O5S2. The molecule has 2 aromatic carbocycles. The molecule has 3 aromatic rings. The number of nitrogens with one attached hydrogen (secondary N) is 1. The van der Waals surface area contributed by atoms with E-state index in [9.17, 15) is 18.3 Å². The normalized spacial score (nSPS) is 13.1. The maximum absolute atomic E-state index is 13.3. The fourth-order valence-corrected chi connectivity index (χ4v) is 6.47. The predicted molar refractivity (Wildman–Crippen MR) is 148 cm³/mol. The Kier molecular flexibility index (Phi) is 9.66. The quantitative estimate of drug-likeness (QED) is 0.296. The maximum atomic E-state index is 13.3. The Balaban J connectivity index is 1.64. The van der Waals surface area contributed by atoms with Crippen LogP contribution in [0.25, 0.3) is 11.1 Å². The minimum atomic E-state index is -3.83. The maximum Gasteiger partial charge on any atom is 0.303 e. The van der Waals surface area contributed by atoms with Gasteiger partial charge in [0, 0.05) is 37.0 Å². The van der Waals surface area contributed by atoms with E-state index in [2.05, 4.69) is 37.5 Å². The number of likely N-dealkylation sites (N-methyl/N-ethyl adjacent to an activating group) is 1. The largest absolute Gasteiger partial charge is 0.481 e. The second-order valence-electron chi connectivity index (χ2n) is 10.1. The third-order valence-corrected chi connectivity index (χ3v) is 8.99.